The highest BCUT2D eigenvalue weighted by molar-refractivity contribution is 6.10. The average Bonchev–Trinajstić information content (AvgIpc) is 2.38. The first kappa shape index (κ1) is 12.1. The molecule has 2 aromatic rings. The Hall–Kier alpha value is -2.36. The lowest BCUT2D eigenvalue weighted by molar-refractivity contribution is 0.103. The maximum Gasteiger partial charge on any atom is 0.196 e. The molecule has 0 heterocycles. The average molecular weight is 246 g/mol. The fourth-order valence-corrected chi connectivity index (χ4v) is 1.66. The second kappa shape index (κ2) is 4.87. The van der Waals surface area contributed by atoms with Crippen LogP contribution >= 0.6 is 0 Å². The summed E-state index contributed by atoms with van der Waals surface area (Å²) >= 11 is 0. The fraction of sp³-hybridized carbons (Fsp3) is 0.0714. The number of methoxy groups -OCH3 is 1. The maximum atomic E-state index is 13.2. The minimum absolute atomic E-state index is 0.0174. The fourth-order valence-electron chi connectivity index (χ4n) is 1.66. The molecule has 0 aliphatic heterocycles. The summed E-state index contributed by atoms with van der Waals surface area (Å²) in [6.07, 6.45) is 0. The number of ketones is 1. The summed E-state index contributed by atoms with van der Waals surface area (Å²) in [4.78, 5) is 12.2. The van der Waals surface area contributed by atoms with Gasteiger partial charge in [-0.15, -0.1) is 0 Å². The zero-order valence-corrected chi connectivity index (χ0v) is 9.68. The number of halogens is 1. The quantitative estimate of drug-likeness (QED) is 0.847. The van der Waals surface area contributed by atoms with Gasteiger partial charge in [-0.1, -0.05) is 12.1 Å². The molecule has 0 spiro atoms. The number of phenolic OH excluding ortho intramolecular Hbond substituents is 1. The Morgan fingerprint density at radius 2 is 2.00 bits per heavy atom. The number of rotatable bonds is 3. The van der Waals surface area contributed by atoms with E-state index in [-0.39, 0.29) is 16.9 Å². The number of phenols is 1. The minimum Gasteiger partial charge on any atom is -0.508 e. The normalized spacial score (nSPS) is 10.1. The van der Waals surface area contributed by atoms with Crippen LogP contribution in [0.25, 0.3) is 0 Å². The van der Waals surface area contributed by atoms with Crippen molar-refractivity contribution in [2.75, 3.05) is 7.11 Å². The summed E-state index contributed by atoms with van der Waals surface area (Å²) in [6.45, 7) is 0. The summed E-state index contributed by atoms with van der Waals surface area (Å²) in [5.41, 5.74) is 0.405. The zero-order valence-electron chi connectivity index (χ0n) is 9.68. The Kier molecular flexibility index (Phi) is 3.28. The summed E-state index contributed by atoms with van der Waals surface area (Å²) < 4.78 is 18.2. The zero-order chi connectivity index (χ0) is 13.1. The highest BCUT2D eigenvalue weighted by Crippen LogP contribution is 2.23. The van der Waals surface area contributed by atoms with Crippen molar-refractivity contribution in [1.82, 2.24) is 0 Å². The van der Waals surface area contributed by atoms with Gasteiger partial charge in [-0.05, 0) is 30.3 Å². The standard InChI is InChI=1S/C14H11FO3/c1-18-13-6-5-10(15)8-12(13)14(17)9-3-2-4-11(16)7-9/h2-8,16H,1H3. The van der Waals surface area contributed by atoms with Gasteiger partial charge >= 0.3 is 0 Å². The van der Waals surface area contributed by atoms with Gasteiger partial charge in [0.2, 0.25) is 0 Å². The van der Waals surface area contributed by atoms with Crippen molar-refractivity contribution in [3.8, 4) is 11.5 Å². The molecule has 0 saturated heterocycles. The largest absolute Gasteiger partial charge is 0.508 e. The van der Waals surface area contributed by atoms with Crippen LogP contribution in [0.3, 0.4) is 0 Å². The van der Waals surface area contributed by atoms with E-state index in [4.69, 9.17) is 4.74 Å². The number of carbonyl (C=O) groups is 1. The van der Waals surface area contributed by atoms with Crippen LogP contribution in [0.1, 0.15) is 15.9 Å². The van der Waals surface area contributed by atoms with Crippen molar-refractivity contribution < 1.29 is 19.0 Å². The van der Waals surface area contributed by atoms with E-state index in [2.05, 4.69) is 0 Å². The van der Waals surface area contributed by atoms with Gasteiger partial charge in [-0.2, -0.15) is 0 Å². The summed E-state index contributed by atoms with van der Waals surface area (Å²) in [6, 6.07) is 9.61. The summed E-state index contributed by atoms with van der Waals surface area (Å²) in [5.74, 6) is -0.637. The Morgan fingerprint density at radius 1 is 1.22 bits per heavy atom. The first-order valence-electron chi connectivity index (χ1n) is 5.29. The molecular formula is C14H11FO3. The molecule has 92 valence electrons. The van der Waals surface area contributed by atoms with E-state index in [9.17, 15) is 14.3 Å². The molecule has 18 heavy (non-hydrogen) atoms. The molecule has 0 amide bonds. The number of hydrogen-bond donors (Lipinski definition) is 1. The molecule has 1 N–H and O–H groups in total. The second-order valence-electron chi connectivity index (χ2n) is 3.72. The third kappa shape index (κ3) is 2.32. The summed E-state index contributed by atoms with van der Waals surface area (Å²) in [5, 5.41) is 9.33. The van der Waals surface area contributed by atoms with Gasteiger partial charge in [0.1, 0.15) is 17.3 Å². The molecule has 2 rings (SSSR count). The van der Waals surface area contributed by atoms with E-state index in [1.807, 2.05) is 0 Å². The molecule has 0 atom stereocenters. The van der Waals surface area contributed by atoms with E-state index in [0.29, 0.717) is 5.75 Å². The van der Waals surface area contributed by atoms with Crippen molar-refractivity contribution >= 4 is 5.78 Å². The topological polar surface area (TPSA) is 46.5 Å². The molecule has 0 radical (unpaired) electrons. The smallest absolute Gasteiger partial charge is 0.196 e. The van der Waals surface area contributed by atoms with Crippen LogP contribution in [0.2, 0.25) is 0 Å². The molecule has 0 saturated carbocycles. The molecule has 4 heteroatoms. The van der Waals surface area contributed by atoms with Crippen LogP contribution in [-0.2, 0) is 0 Å². The molecule has 0 fully saturated rings. The van der Waals surface area contributed by atoms with E-state index >= 15 is 0 Å². The van der Waals surface area contributed by atoms with Crippen LogP contribution in [0, 0.1) is 5.82 Å². The van der Waals surface area contributed by atoms with Gasteiger partial charge in [0.05, 0.1) is 12.7 Å². The predicted molar refractivity (Wildman–Crippen MR) is 64.5 cm³/mol. The molecular weight excluding hydrogens is 235 g/mol. The van der Waals surface area contributed by atoms with Crippen molar-refractivity contribution in [3.05, 3.63) is 59.4 Å². The Labute approximate surface area is 103 Å². The monoisotopic (exact) mass is 246 g/mol. The third-order valence-corrected chi connectivity index (χ3v) is 2.51. The molecule has 0 aromatic heterocycles. The number of carbonyl (C=O) groups excluding carboxylic acids is 1. The van der Waals surface area contributed by atoms with Gasteiger partial charge in [0.25, 0.3) is 0 Å². The highest BCUT2D eigenvalue weighted by Gasteiger charge is 2.15. The van der Waals surface area contributed by atoms with Gasteiger partial charge < -0.3 is 9.84 Å². The molecule has 3 nitrogen and oxygen atoms in total. The minimum atomic E-state index is -0.515. The van der Waals surface area contributed by atoms with Gasteiger partial charge in [-0.3, -0.25) is 4.79 Å². The lowest BCUT2D eigenvalue weighted by Crippen LogP contribution is -2.04. The first-order chi connectivity index (χ1) is 8.61. The molecule has 0 aliphatic rings. The Bertz CT molecular complexity index is 593. The van der Waals surface area contributed by atoms with Crippen molar-refractivity contribution in [2.24, 2.45) is 0 Å². The van der Waals surface area contributed by atoms with Crippen molar-refractivity contribution in [1.29, 1.82) is 0 Å². The second-order valence-corrected chi connectivity index (χ2v) is 3.72. The highest BCUT2D eigenvalue weighted by atomic mass is 19.1. The first-order valence-corrected chi connectivity index (χ1v) is 5.29. The maximum absolute atomic E-state index is 13.2. The number of aromatic hydroxyl groups is 1. The van der Waals surface area contributed by atoms with Crippen LogP contribution in [0.5, 0.6) is 11.5 Å². The molecule has 2 aromatic carbocycles. The van der Waals surface area contributed by atoms with Crippen molar-refractivity contribution in [2.45, 2.75) is 0 Å². The predicted octanol–water partition coefficient (Wildman–Crippen LogP) is 2.77. The van der Waals surface area contributed by atoms with Gasteiger partial charge in [0.15, 0.2) is 5.78 Å². The Morgan fingerprint density at radius 3 is 2.67 bits per heavy atom. The summed E-state index contributed by atoms with van der Waals surface area (Å²) in [7, 11) is 1.41. The van der Waals surface area contributed by atoms with E-state index in [1.54, 1.807) is 12.1 Å². The van der Waals surface area contributed by atoms with Gasteiger partial charge in [-0.25, -0.2) is 4.39 Å². The number of hydrogen-bond acceptors (Lipinski definition) is 3. The van der Waals surface area contributed by atoms with E-state index < -0.39 is 11.6 Å². The lowest BCUT2D eigenvalue weighted by atomic mass is 10.0. The van der Waals surface area contributed by atoms with Crippen LogP contribution < -0.4 is 4.74 Å². The number of ether oxygens (including phenoxy) is 1. The van der Waals surface area contributed by atoms with E-state index in [0.717, 1.165) is 6.07 Å². The van der Waals surface area contributed by atoms with Crippen LogP contribution in [0.4, 0.5) is 4.39 Å². The SMILES string of the molecule is COc1ccc(F)cc1C(=O)c1cccc(O)c1. The molecule has 0 unspecified atom stereocenters. The molecule has 0 bridgehead atoms. The van der Waals surface area contributed by atoms with Gasteiger partial charge in [0, 0.05) is 5.56 Å². The van der Waals surface area contributed by atoms with Crippen LogP contribution in [0.15, 0.2) is 42.5 Å². The van der Waals surface area contributed by atoms with Crippen molar-refractivity contribution in [3.63, 3.8) is 0 Å². The molecule has 0 aliphatic carbocycles. The number of benzene rings is 2. The van der Waals surface area contributed by atoms with Crippen LogP contribution in [-0.4, -0.2) is 18.0 Å². The Balaban J connectivity index is 2.48. The van der Waals surface area contributed by atoms with E-state index in [1.165, 1.54) is 31.4 Å². The lowest BCUT2D eigenvalue weighted by Gasteiger charge is -2.07. The third-order valence-electron chi connectivity index (χ3n) is 2.51.